The Hall–Kier alpha value is -1.56. The Morgan fingerprint density at radius 2 is 1.79 bits per heavy atom. The minimum Gasteiger partial charge on any atom is -0.458 e. The topological polar surface area (TPSA) is 166 Å². The minimum atomic E-state index is -2.61. The molecule has 4 fully saturated rings. The van der Waals surface area contributed by atoms with E-state index in [2.05, 4.69) is 46.0 Å². The van der Waals surface area contributed by atoms with Crippen LogP contribution in [0, 0.1) is 46.3 Å². The summed E-state index contributed by atoms with van der Waals surface area (Å²) in [7, 11) is 0. The fraction of sp³-hybridized carbons (Fsp3) is 0.895. The molecule has 4 aliphatic carbocycles. The molecule has 6 N–H and O–H groups in total. The number of ether oxygens (including phenoxy) is 2. The van der Waals surface area contributed by atoms with Crippen LogP contribution in [0.25, 0.3) is 0 Å². The number of carbonyl (C=O) groups is 2. The number of fused-ring (bicyclic) bond motifs is 5. The molecule has 10 heteroatoms. The van der Waals surface area contributed by atoms with Gasteiger partial charge in [-0.15, -0.1) is 0 Å². The summed E-state index contributed by atoms with van der Waals surface area (Å²) in [4.78, 5) is 25.3. The predicted molar refractivity (Wildman–Crippen MR) is 180 cm³/mol. The van der Waals surface area contributed by atoms with Gasteiger partial charge in [-0.3, -0.25) is 4.79 Å². The van der Waals surface area contributed by atoms with Gasteiger partial charge in [-0.2, -0.15) is 0 Å². The van der Waals surface area contributed by atoms with Crippen molar-refractivity contribution in [2.45, 2.75) is 161 Å². The van der Waals surface area contributed by atoms with Crippen molar-refractivity contribution in [3.05, 3.63) is 11.6 Å². The highest BCUT2D eigenvalue weighted by atomic mass is 16.7. The molecule has 1 amide bonds. The molecule has 48 heavy (non-hydrogen) atoms. The quantitative estimate of drug-likeness (QED) is 0.140. The van der Waals surface area contributed by atoms with Gasteiger partial charge in [0, 0.05) is 19.8 Å². The number of allylic oxidation sites excluding steroid dienone is 1. The normalized spacial score (nSPS) is 42.9. The molecular weight excluding hydrogens is 614 g/mol. The average molecular weight is 678 g/mol. The maximum atomic E-state index is 13.5. The van der Waals surface area contributed by atoms with Crippen LogP contribution in [0.2, 0.25) is 0 Å². The molecule has 0 radical (unpaired) electrons. The van der Waals surface area contributed by atoms with E-state index in [9.17, 15) is 35.1 Å². The Balaban J connectivity index is 1.24. The van der Waals surface area contributed by atoms with Gasteiger partial charge in [-0.05, 0) is 91.3 Å². The lowest BCUT2D eigenvalue weighted by molar-refractivity contribution is -0.299. The number of hydrogen-bond acceptors (Lipinski definition) is 9. The van der Waals surface area contributed by atoms with Crippen molar-refractivity contribution in [1.29, 1.82) is 0 Å². The predicted octanol–water partition coefficient (Wildman–Crippen LogP) is 4.00. The van der Waals surface area contributed by atoms with Gasteiger partial charge in [0.2, 0.25) is 5.91 Å². The Kier molecular flexibility index (Phi) is 11.5. The summed E-state index contributed by atoms with van der Waals surface area (Å²) in [6.07, 6.45) is 7.09. The number of nitrogens with one attached hydrogen (secondary N) is 1. The van der Waals surface area contributed by atoms with Gasteiger partial charge in [0.15, 0.2) is 0 Å². The summed E-state index contributed by atoms with van der Waals surface area (Å²) in [6, 6.07) is -1.23. The Labute approximate surface area is 287 Å². The van der Waals surface area contributed by atoms with Crippen LogP contribution >= 0.6 is 0 Å². The smallest absolute Gasteiger partial charge is 0.367 e. The summed E-state index contributed by atoms with van der Waals surface area (Å²) in [6.45, 7) is 12.5. The van der Waals surface area contributed by atoms with Crippen molar-refractivity contribution < 1.29 is 44.6 Å². The van der Waals surface area contributed by atoms with Crippen LogP contribution in [0.15, 0.2) is 11.6 Å². The molecule has 0 aromatic carbocycles. The van der Waals surface area contributed by atoms with Crippen LogP contribution in [-0.4, -0.2) is 86.4 Å². The van der Waals surface area contributed by atoms with Crippen LogP contribution in [0.3, 0.4) is 0 Å². The van der Waals surface area contributed by atoms with Gasteiger partial charge >= 0.3 is 5.97 Å². The summed E-state index contributed by atoms with van der Waals surface area (Å²) in [5, 5.41) is 54.7. The molecule has 1 saturated heterocycles. The molecule has 0 aromatic rings. The van der Waals surface area contributed by atoms with E-state index in [1.807, 2.05) is 0 Å². The maximum absolute atomic E-state index is 13.5. The molecule has 0 bridgehead atoms. The zero-order valence-corrected chi connectivity index (χ0v) is 30.1. The molecule has 5 aliphatic rings. The summed E-state index contributed by atoms with van der Waals surface area (Å²) < 4.78 is 11.5. The van der Waals surface area contributed by atoms with Crippen LogP contribution < -0.4 is 5.32 Å². The molecule has 0 spiro atoms. The van der Waals surface area contributed by atoms with Crippen molar-refractivity contribution in [3.8, 4) is 0 Å². The van der Waals surface area contributed by atoms with E-state index in [4.69, 9.17) is 9.47 Å². The fourth-order valence-corrected chi connectivity index (χ4v) is 11.1. The lowest BCUT2D eigenvalue weighted by Gasteiger charge is -2.58. The van der Waals surface area contributed by atoms with Crippen molar-refractivity contribution in [3.63, 3.8) is 0 Å². The standard InChI is InChI=1S/C38H63NO9/c1-21(2)8-7-9-22(3)27-12-13-28-26-11-10-24-18-25(14-16-36(24,5)29(26)15-17-37(27,28)6)47-35(45)38(46)19-30(42)32(39-23(4)41)34(48-38)33(44)31(43)20-40/h10,21-22,25-34,40,42-44,46H,7-9,11-20H2,1-6H3,(H,39,41)/t22-,25+,26+,27-,28+,29+,30+,31-,32-,33-,34-,36+,37-,38-/m1/s1. The van der Waals surface area contributed by atoms with Gasteiger partial charge in [-0.25, -0.2) is 4.79 Å². The lowest BCUT2D eigenvalue weighted by Crippen LogP contribution is -2.67. The largest absolute Gasteiger partial charge is 0.458 e. The molecule has 10 nitrogen and oxygen atoms in total. The third kappa shape index (κ3) is 7.13. The van der Waals surface area contributed by atoms with E-state index in [1.54, 1.807) is 0 Å². The molecular formula is C38H63NO9. The highest BCUT2D eigenvalue weighted by Crippen LogP contribution is 2.67. The van der Waals surface area contributed by atoms with Crippen LogP contribution in [0.4, 0.5) is 0 Å². The molecule has 274 valence electrons. The number of carbonyl (C=O) groups excluding carboxylic acids is 2. The van der Waals surface area contributed by atoms with Crippen LogP contribution in [-0.2, 0) is 19.1 Å². The van der Waals surface area contributed by atoms with E-state index in [0.717, 1.165) is 36.5 Å². The van der Waals surface area contributed by atoms with Crippen molar-refractivity contribution in [2.24, 2.45) is 46.3 Å². The van der Waals surface area contributed by atoms with E-state index >= 15 is 0 Å². The first-order valence-electron chi connectivity index (χ1n) is 18.8. The highest BCUT2D eigenvalue weighted by molar-refractivity contribution is 5.78. The summed E-state index contributed by atoms with van der Waals surface area (Å²) in [5.74, 6) is 0.142. The molecule has 3 saturated carbocycles. The molecule has 1 aliphatic heterocycles. The SMILES string of the molecule is CC(=O)N[C@H]1[C@H]([C@H](O)[C@H](O)CO)O[C@@](O)(C(=O)O[C@H]2CC[C@@]3(C)C(=CC[C@H]4[C@@H]5CC[C@H]([C@H](C)CCCC(C)C)[C@@]5(C)CC[C@@H]43)C2)C[C@@H]1O. The van der Waals surface area contributed by atoms with E-state index < -0.39 is 67.3 Å². The van der Waals surface area contributed by atoms with E-state index in [-0.39, 0.29) is 5.41 Å². The molecule has 14 atom stereocenters. The zero-order chi connectivity index (χ0) is 35.2. The maximum Gasteiger partial charge on any atom is 0.367 e. The number of rotatable bonds is 11. The van der Waals surface area contributed by atoms with E-state index in [1.165, 1.54) is 57.4 Å². The van der Waals surface area contributed by atoms with Crippen molar-refractivity contribution in [1.82, 2.24) is 5.32 Å². The molecule has 5 rings (SSSR count). The molecule has 1 heterocycles. The van der Waals surface area contributed by atoms with Crippen molar-refractivity contribution in [2.75, 3.05) is 6.61 Å². The van der Waals surface area contributed by atoms with Gasteiger partial charge in [0.1, 0.15) is 24.4 Å². The zero-order valence-electron chi connectivity index (χ0n) is 30.1. The molecule has 0 unspecified atom stereocenters. The first-order valence-corrected chi connectivity index (χ1v) is 18.8. The summed E-state index contributed by atoms with van der Waals surface area (Å²) >= 11 is 0. The number of aliphatic hydroxyl groups excluding tert-OH is 4. The van der Waals surface area contributed by atoms with Crippen LogP contribution in [0.5, 0.6) is 0 Å². The van der Waals surface area contributed by atoms with Gasteiger partial charge < -0.3 is 40.3 Å². The third-order valence-electron chi connectivity index (χ3n) is 13.7. The first kappa shape index (κ1) is 37.7. The van der Waals surface area contributed by atoms with E-state index in [0.29, 0.717) is 30.1 Å². The Morgan fingerprint density at radius 3 is 2.46 bits per heavy atom. The lowest BCUT2D eigenvalue weighted by atomic mass is 9.47. The number of aliphatic hydroxyl groups is 5. The van der Waals surface area contributed by atoms with Gasteiger partial charge in [-0.1, -0.05) is 65.5 Å². The third-order valence-corrected chi connectivity index (χ3v) is 13.7. The van der Waals surface area contributed by atoms with Crippen LogP contribution in [0.1, 0.15) is 119 Å². The molecule has 0 aromatic heterocycles. The Bertz CT molecular complexity index is 1190. The number of hydrogen-bond donors (Lipinski definition) is 6. The Morgan fingerprint density at radius 1 is 1.06 bits per heavy atom. The number of esters is 1. The average Bonchev–Trinajstić information content (AvgIpc) is 3.38. The highest BCUT2D eigenvalue weighted by Gasteiger charge is 2.60. The first-order chi connectivity index (χ1) is 22.5. The fourth-order valence-electron chi connectivity index (χ4n) is 11.1. The minimum absolute atomic E-state index is 0.0454. The second-order valence-electron chi connectivity index (χ2n) is 17.2. The van der Waals surface area contributed by atoms with Gasteiger partial charge in [0.05, 0.1) is 18.8 Å². The summed E-state index contributed by atoms with van der Waals surface area (Å²) in [5.41, 5.74) is 1.78. The second kappa shape index (κ2) is 14.6. The number of amides is 1. The monoisotopic (exact) mass is 677 g/mol. The van der Waals surface area contributed by atoms with Crippen molar-refractivity contribution >= 4 is 11.9 Å². The van der Waals surface area contributed by atoms with Gasteiger partial charge in [0.25, 0.3) is 5.79 Å². The second-order valence-corrected chi connectivity index (χ2v) is 17.2.